The summed E-state index contributed by atoms with van der Waals surface area (Å²) in [5.41, 5.74) is 1.19. The van der Waals surface area contributed by atoms with Crippen LogP contribution in [-0.2, 0) is 14.3 Å². The number of ether oxygens (including phenoxy) is 2. The Bertz CT molecular complexity index is 910. The summed E-state index contributed by atoms with van der Waals surface area (Å²) in [6.45, 7) is 2.80. The average Bonchev–Trinajstić information content (AvgIpc) is 3.16. The molecule has 1 aromatic carbocycles. The SMILES string of the molecule is O=C(/C=C/c1cc([N+](=O)[O-])c2cnn(C3CCCCO3)c2c1)N1CCOCC1. The lowest BCUT2D eigenvalue weighted by atomic mass is 10.1. The van der Waals surface area contributed by atoms with Gasteiger partial charge in [-0.25, -0.2) is 4.68 Å². The summed E-state index contributed by atoms with van der Waals surface area (Å²) in [6.07, 6.45) is 7.21. The van der Waals surface area contributed by atoms with Crippen LogP contribution in [0.15, 0.2) is 24.4 Å². The quantitative estimate of drug-likeness (QED) is 0.455. The number of hydrogen-bond acceptors (Lipinski definition) is 6. The van der Waals surface area contributed by atoms with Gasteiger partial charge in [-0.1, -0.05) is 0 Å². The minimum Gasteiger partial charge on any atom is -0.378 e. The van der Waals surface area contributed by atoms with E-state index in [9.17, 15) is 14.9 Å². The van der Waals surface area contributed by atoms with Gasteiger partial charge in [0.1, 0.15) is 0 Å². The van der Waals surface area contributed by atoms with Crippen LogP contribution in [0.3, 0.4) is 0 Å². The zero-order valence-electron chi connectivity index (χ0n) is 15.5. The third-order valence-electron chi connectivity index (χ3n) is 5.08. The summed E-state index contributed by atoms with van der Waals surface area (Å²) in [7, 11) is 0. The van der Waals surface area contributed by atoms with Crippen molar-refractivity contribution in [1.29, 1.82) is 0 Å². The van der Waals surface area contributed by atoms with Crippen LogP contribution in [0.25, 0.3) is 17.0 Å². The minimum absolute atomic E-state index is 0.0296. The molecule has 28 heavy (non-hydrogen) atoms. The van der Waals surface area contributed by atoms with E-state index in [-0.39, 0.29) is 17.8 Å². The van der Waals surface area contributed by atoms with E-state index in [2.05, 4.69) is 5.10 Å². The standard InChI is InChI=1S/C19H22N4O5/c24-18(21-6-9-27-10-7-21)5-4-14-11-16-15(17(12-14)23(25)26)13-20-22(16)19-3-1-2-8-28-19/h4-5,11-13,19H,1-3,6-10H2/b5-4+. The van der Waals surface area contributed by atoms with Crippen LogP contribution < -0.4 is 0 Å². The molecule has 1 amide bonds. The fourth-order valence-corrected chi connectivity index (χ4v) is 3.60. The molecule has 2 saturated heterocycles. The Morgan fingerprint density at radius 2 is 2.07 bits per heavy atom. The molecule has 0 spiro atoms. The molecule has 0 bridgehead atoms. The van der Waals surface area contributed by atoms with Gasteiger partial charge in [-0.05, 0) is 37.0 Å². The molecule has 9 nitrogen and oxygen atoms in total. The van der Waals surface area contributed by atoms with E-state index in [4.69, 9.17) is 9.47 Å². The lowest BCUT2D eigenvalue weighted by molar-refractivity contribution is -0.383. The Kier molecular flexibility index (Phi) is 5.36. The molecular formula is C19H22N4O5. The average molecular weight is 386 g/mol. The number of amides is 1. The maximum Gasteiger partial charge on any atom is 0.280 e. The number of aromatic nitrogens is 2. The maximum absolute atomic E-state index is 12.3. The first kappa shape index (κ1) is 18.6. The van der Waals surface area contributed by atoms with Crippen molar-refractivity contribution in [3.05, 3.63) is 40.1 Å². The number of carbonyl (C=O) groups excluding carboxylic acids is 1. The number of benzene rings is 1. The predicted octanol–water partition coefficient (Wildman–Crippen LogP) is 2.52. The first-order valence-electron chi connectivity index (χ1n) is 9.45. The molecular weight excluding hydrogens is 364 g/mol. The van der Waals surface area contributed by atoms with E-state index in [1.54, 1.807) is 15.7 Å². The Morgan fingerprint density at radius 3 is 2.79 bits per heavy atom. The molecule has 9 heteroatoms. The molecule has 3 heterocycles. The maximum atomic E-state index is 12.3. The number of non-ortho nitro benzene ring substituents is 1. The zero-order chi connectivity index (χ0) is 19.5. The van der Waals surface area contributed by atoms with Crippen LogP contribution in [0.2, 0.25) is 0 Å². The Morgan fingerprint density at radius 1 is 1.25 bits per heavy atom. The number of morpholine rings is 1. The van der Waals surface area contributed by atoms with Gasteiger partial charge < -0.3 is 14.4 Å². The normalized spacial score (nSPS) is 20.7. The lowest BCUT2D eigenvalue weighted by Crippen LogP contribution is -2.39. The fourth-order valence-electron chi connectivity index (χ4n) is 3.60. The molecule has 1 aromatic heterocycles. The van der Waals surface area contributed by atoms with E-state index >= 15 is 0 Å². The van der Waals surface area contributed by atoms with Gasteiger partial charge in [0.25, 0.3) is 5.69 Å². The molecule has 1 unspecified atom stereocenters. The van der Waals surface area contributed by atoms with Gasteiger partial charge in [-0.2, -0.15) is 5.10 Å². The summed E-state index contributed by atoms with van der Waals surface area (Å²) in [5, 5.41) is 16.4. The molecule has 2 fully saturated rings. The molecule has 0 radical (unpaired) electrons. The van der Waals surface area contributed by atoms with E-state index in [0.29, 0.717) is 49.4 Å². The summed E-state index contributed by atoms with van der Waals surface area (Å²) in [6, 6.07) is 3.29. The second-order valence-electron chi connectivity index (χ2n) is 6.91. The number of hydrogen-bond donors (Lipinski definition) is 0. The van der Waals surface area contributed by atoms with Gasteiger partial charge in [-0.15, -0.1) is 0 Å². The highest BCUT2D eigenvalue weighted by Crippen LogP contribution is 2.32. The van der Waals surface area contributed by atoms with Crippen molar-refractivity contribution < 1.29 is 19.2 Å². The second kappa shape index (κ2) is 8.07. The fraction of sp³-hybridized carbons (Fsp3) is 0.474. The summed E-state index contributed by atoms with van der Waals surface area (Å²) in [4.78, 5) is 25.2. The molecule has 4 rings (SSSR count). The Labute approximate surface area is 161 Å². The van der Waals surface area contributed by atoms with Crippen LogP contribution in [0.4, 0.5) is 5.69 Å². The minimum atomic E-state index is -0.419. The van der Waals surface area contributed by atoms with Gasteiger partial charge in [0.05, 0.1) is 35.2 Å². The largest absolute Gasteiger partial charge is 0.378 e. The van der Waals surface area contributed by atoms with Crippen molar-refractivity contribution in [3.63, 3.8) is 0 Å². The van der Waals surface area contributed by atoms with Crippen molar-refractivity contribution in [3.8, 4) is 0 Å². The topological polar surface area (TPSA) is 99.7 Å². The van der Waals surface area contributed by atoms with E-state index in [1.165, 1.54) is 18.3 Å². The molecule has 0 saturated carbocycles. The number of nitro groups is 1. The number of fused-ring (bicyclic) bond motifs is 1. The highest BCUT2D eigenvalue weighted by Gasteiger charge is 2.23. The van der Waals surface area contributed by atoms with E-state index in [1.807, 2.05) is 6.07 Å². The number of nitrogens with zero attached hydrogens (tertiary/aromatic N) is 4. The van der Waals surface area contributed by atoms with Crippen molar-refractivity contribution in [2.24, 2.45) is 0 Å². The summed E-state index contributed by atoms with van der Waals surface area (Å²) < 4.78 is 12.7. The third kappa shape index (κ3) is 3.76. The molecule has 2 aliphatic heterocycles. The number of rotatable bonds is 4. The highest BCUT2D eigenvalue weighted by atomic mass is 16.6. The van der Waals surface area contributed by atoms with Crippen molar-refractivity contribution in [1.82, 2.24) is 14.7 Å². The molecule has 148 valence electrons. The third-order valence-corrected chi connectivity index (χ3v) is 5.08. The molecule has 2 aromatic rings. The van der Waals surface area contributed by atoms with Gasteiger partial charge in [-0.3, -0.25) is 14.9 Å². The predicted molar refractivity (Wildman–Crippen MR) is 102 cm³/mol. The lowest BCUT2D eigenvalue weighted by Gasteiger charge is -2.25. The van der Waals surface area contributed by atoms with Crippen molar-refractivity contribution in [2.45, 2.75) is 25.5 Å². The summed E-state index contributed by atoms with van der Waals surface area (Å²) >= 11 is 0. The first-order valence-corrected chi connectivity index (χ1v) is 9.45. The highest BCUT2D eigenvalue weighted by molar-refractivity contribution is 5.94. The monoisotopic (exact) mass is 386 g/mol. The van der Waals surface area contributed by atoms with Crippen LogP contribution in [0, 0.1) is 10.1 Å². The summed E-state index contributed by atoms with van der Waals surface area (Å²) in [5.74, 6) is -0.129. The molecule has 2 aliphatic rings. The van der Waals surface area contributed by atoms with Crippen LogP contribution in [0.1, 0.15) is 31.1 Å². The Hall–Kier alpha value is -2.78. The van der Waals surface area contributed by atoms with Crippen LogP contribution in [0.5, 0.6) is 0 Å². The van der Waals surface area contributed by atoms with Crippen LogP contribution >= 0.6 is 0 Å². The van der Waals surface area contributed by atoms with E-state index < -0.39 is 4.92 Å². The molecule has 1 atom stereocenters. The van der Waals surface area contributed by atoms with Gasteiger partial charge in [0.2, 0.25) is 5.91 Å². The van der Waals surface area contributed by atoms with Gasteiger partial charge >= 0.3 is 0 Å². The molecule has 0 aliphatic carbocycles. The number of nitro benzene ring substituents is 1. The molecule has 0 N–H and O–H groups in total. The number of carbonyl (C=O) groups is 1. The Balaban J connectivity index is 1.66. The van der Waals surface area contributed by atoms with Gasteiger partial charge in [0, 0.05) is 31.8 Å². The smallest absolute Gasteiger partial charge is 0.280 e. The van der Waals surface area contributed by atoms with Crippen LogP contribution in [-0.4, -0.2) is 58.4 Å². The zero-order valence-corrected chi connectivity index (χ0v) is 15.5. The van der Waals surface area contributed by atoms with Gasteiger partial charge in [0.15, 0.2) is 6.23 Å². The van der Waals surface area contributed by atoms with Crippen molar-refractivity contribution >= 4 is 28.6 Å². The van der Waals surface area contributed by atoms with Crippen molar-refractivity contribution in [2.75, 3.05) is 32.9 Å². The van der Waals surface area contributed by atoms with E-state index in [0.717, 1.165) is 19.3 Å². The first-order chi connectivity index (χ1) is 13.6. The second-order valence-corrected chi connectivity index (χ2v) is 6.91.